The highest BCUT2D eigenvalue weighted by Crippen LogP contribution is 1.91. The Bertz CT molecular complexity index is 233. The van der Waals surface area contributed by atoms with Crippen molar-refractivity contribution < 1.29 is 13.5 Å². The molecule has 0 fully saturated rings. The van der Waals surface area contributed by atoms with E-state index in [9.17, 15) is 8.42 Å². The molecule has 1 unspecified atom stereocenters. The molecule has 0 aromatic rings. The van der Waals surface area contributed by atoms with Crippen molar-refractivity contribution in [3.63, 3.8) is 0 Å². The van der Waals surface area contributed by atoms with Gasteiger partial charge in [-0.05, 0) is 13.3 Å². The van der Waals surface area contributed by atoms with Gasteiger partial charge in [0.2, 0.25) is 10.0 Å². The minimum absolute atomic E-state index is 0.0828. The summed E-state index contributed by atoms with van der Waals surface area (Å²) in [7, 11) is -3.34. The second-order valence-electron chi connectivity index (χ2n) is 2.39. The molecule has 0 aliphatic rings. The Morgan fingerprint density at radius 3 is 2.58 bits per heavy atom. The van der Waals surface area contributed by atoms with E-state index in [0.29, 0.717) is 6.42 Å². The maximum absolute atomic E-state index is 11.0. The molecular formula is C7H15NO3S. The molecule has 0 rings (SSSR count). The maximum atomic E-state index is 11.0. The molecule has 0 aliphatic carbocycles. The second kappa shape index (κ2) is 5.29. The van der Waals surface area contributed by atoms with Gasteiger partial charge in [-0.3, -0.25) is 0 Å². The fourth-order valence-corrected chi connectivity index (χ4v) is 1.68. The van der Waals surface area contributed by atoms with E-state index in [-0.39, 0.29) is 5.75 Å². The number of aliphatic hydroxyl groups is 1. The Kier molecular flexibility index (Phi) is 5.12. The van der Waals surface area contributed by atoms with Gasteiger partial charge in [0.1, 0.15) is 6.23 Å². The Morgan fingerprint density at radius 1 is 1.58 bits per heavy atom. The van der Waals surface area contributed by atoms with Gasteiger partial charge in [0, 0.05) is 0 Å². The van der Waals surface area contributed by atoms with Crippen LogP contribution in [0.5, 0.6) is 0 Å². The number of aliphatic hydroxyl groups excluding tert-OH is 1. The normalized spacial score (nSPS) is 15.2. The zero-order valence-corrected chi connectivity index (χ0v) is 8.13. The molecular weight excluding hydrogens is 178 g/mol. The number of hydrogen-bond donors (Lipinski definition) is 2. The standard InChI is InChI=1S/C7H15NO3S/c1-3-5-6-12(10,11)8-7(9)4-2/h3,5,7-9H,4,6H2,1-2H3/b5-3-. The lowest BCUT2D eigenvalue weighted by atomic mass is 10.5. The van der Waals surface area contributed by atoms with Gasteiger partial charge in [-0.15, -0.1) is 0 Å². The van der Waals surface area contributed by atoms with Gasteiger partial charge < -0.3 is 5.11 Å². The van der Waals surface area contributed by atoms with Gasteiger partial charge in [-0.25, -0.2) is 8.42 Å². The lowest BCUT2D eigenvalue weighted by Gasteiger charge is -2.08. The molecule has 0 amide bonds. The molecule has 72 valence electrons. The van der Waals surface area contributed by atoms with Crippen molar-refractivity contribution in [1.82, 2.24) is 4.72 Å². The average molecular weight is 193 g/mol. The molecule has 5 heteroatoms. The number of sulfonamides is 1. The summed E-state index contributed by atoms with van der Waals surface area (Å²) in [4.78, 5) is 0. The molecule has 0 saturated carbocycles. The van der Waals surface area contributed by atoms with Gasteiger partial charge >= 0.3 is 0 Å². The van der Waals surface area contributed by atoms with Gasteiger partial charge in [0.05, 0.1) is 5.75 Å². The molecule has 0 aromatic carbocycles. The second-order valence-corrected chi connectivity index (χ2v) is 4.19. The first-order chi connectivity index (χ1) is 5.52. The minimum Gasteiger partial charge on any atom is -0.378 e. The third-order valence-electron chi connectivity index (χ3n) is 1.25. The van der Waals surface area contributed by atoms with Crippen molar-refractivity contribution in [2.75, 3.05) is 5.75 Å². The van der Waals surface area contributed by atoms with Crippen molar-refractivity contribution in [1.29, 1.82) is 0 Å². The molecule has 0 saturated heterocycles. The fraction of sp³-hybridized carbons (Fsp3) is 0.714. The van der Waals surface area contributed by atoms with Crippen LogP contribution in [0.3, 0.4) is 0 Å². The average Bonchev–Trinajstić information content (AvgIpc) is 2.00. The first kappa shape index (κ1) is 11.6. The van der Waals surface area contributed by atoms with Crippen LogP contribution < -0.4 is 4.72 Å². The summed E-state index contributed by atoms with van der Waals surface area (Å²) in [6.07, 6.45) is 2.57. The van der Waals surface area contributed by atoms with Crippen LogP contribution in [-0.4, -0.2) is 25.5 Å². The molecule has 0 aromatic heterocycles. The maximum Gasteiger partial charge on any atom is 0.217 e. The van der Waals surface area contributed by atoms with Gasteiger partial charge in [-0.2, -0.15) is 4.72 Å². The summed E-state index contributed by atoms with van der Waals surface area (Å²) in [5, 5.41) is 8.98. The van der Waals surface area contributed by atoms with E-state index >= 15 is 0 Å². The summed E-state index contributed by atoms with van der Waals surface area (Å²) >= 11 is 0. The van der Waals surface area contributed by atoms with E-state index in [2.05, 4.69) is 4.72 Å². The molecule has 4 nitrogen and oxygen atoms in total. The molecule has 0 bridgehead atoms. The predicted octanol–water partition coefficient (Wildman–Crippen LogP) is 0.210. The lowest BCUT2D eigenvalue weighted by Crippen LogP contribution is -2.35. The number of rotatable bonds is 5. The topological polar surface area (TPSA) is 66.4 Å². The van der Waals surface area contributed by atoms with E-state index in [1.807, 2.05) is 0 Å². The molecule has 0 spiro atoms. The summed E-state index contributed by atoms with van der Waals surface area (Å²) in [5.74, 6) is -0.0828. The minimum atomic E-state index is -3.34. The molecule has 12 heavy (non-hydrogen) atoms. The lowest BCUT2D eigenvalue weighted by molar-refractivity contribution is 0.159. The van der Waals surface area contributed by atoms with Crippen molar-refractivity contribution in [3.8, 4) is 0 Å². The van der Waals surface area contributed by atoms with E-state index in [1.165, 1.54) is 6.08 Å². The quantitative estimate of drug-likeness (QED) is 0.484. The van der Waals surface area contributed by atoms with Crippen LogP contribution in [0, 0.1) is 0 Å². The molecule has 0 radical (unpaired) electrons. The zero-order valence-electron chi connectivity index (χ0n) is 7.32. The smallest absolute Gasteiger partial charge is 0.217 e. The highest BCUT2D eigenvalue weighted by molar-refractivity contribution is 7.89. The largest absolute Gasteiger partial charge is 0.378 e. The zero-order chi connectivity index (χ0) is 9.61. The summed E-state index contributed by atoms with van der Waals surface area (Å²) in [6.45, 7) is 3.44. The van der Waals surface area contributed by atoms with Crippen LogP contribution >= 0.6 is 0 Å². The van der Waals surface area contributed by atoms with Crippen LogP contribution in [0.1, 0.15) is 20.3 Å². The van der Waals surface area contributed by atoms with Crippen molar-refractivity contribution in [2.45, 2.75) is 26.5 Å². The van der Waals surface area contributed by atoms with E-state index in [0.717, 1.165) is 0 Å². The molecule has 0 heterocycles. The van der Waals surface area contributed by atoms with Crippen LogP contribution in [0.15, 0.2) is 12.2 Å². The summed E-state index contributed by atoms with van der Waals surface area (Å²) in [5.41, 5.74) is 0. The summed E-state index contributed by atoms with van der Waals surface area (Å²) < 4.78 is 24.2. The monoisotopic (exact) mass is 193 g/mol. The first-order valence-corrected chi connectivity index (χ1v) is 5.46. The van der Waals surface area contributed by atoms with Gasteiger partial charge in [-0.1, -0.05) is 19.1 Å². The molecule has 1 atom stereocenters. The number of allylic oxidation sites excluding steroid dienone is 1. The van der Waals surface area contributed by atoms with Crippen LogP contribution in [0.2, 0.25) is 0 Å². The Morgan fingerprint density at radius 2 is 2.17 bits per heavy atom. The molecule has 2 N–H and O–H groups in total. The number of nitrogens with one attached hydrogen (secondary N) is 1. The van der Waals surface area contributed by atoms with E-state index < -0.39 is 16.3 Å². The third-order valence-corrected chi connectivity index (χ3v) is 2.52. The van der Waals surface area contributed by atoms with Crippen LogP contribution in [0.4, 0.5) is 0 Å². The predicted molar refractivity (Wildman–Crippen MR) is 48.0 cm³/mol. The fourth-order valence-electron chi connectivity index (χ4n) is 0.562. The van der Waals surface area contributed by atoms with E-state index in [4.69, 9.17) is 5.11 Å². The molecule has 0 aliphatic heterocycles. The Labute approximate surface area is 73.3 Å². The van der Waals surface area contributed by atoms with Crippen molar-refractivity contribution in [2.24, 2.45) is 0 Å². The number of hydrogen-bond acceptors (Lipinski definition) is 3. The highest BCUT2D eigenvalue weighted by atomic mass is 32.2. The Hall–Kier alpha value is -0.390. The third kappa shape index (κ3) is 5.29. The van der Waals surface area contributed by atoms with Gasteiger partial charge in [0.25, 0.3) is 0 Å². The van der Waals surface area contributed by atoms with Gasteiger partial charge in [0.15, 0.2) is 0 Å². The van der Waals surface area contributed by atoms with Crippen LogP contribution in [-0.2, 0) is 10.0 Å². The Balaban J connectivity index is 4.05. The van der Waals surface area contributed by atoms with Crippen molar-refractivity contribution in [3.05, 3.63) is 12.2 Å². The van der Waals surface area contributed by atoms with E-state index in [1.54, 1.807) is 19.9 Å². The first-order valence-electron chi connectivity index (χ1n) is 3.81. The highest BCUT2D eigenvalue weighted by Gasteiger charge is 2.11. The SMILES string of the molecule is C/C=C\CS(=O)(=O)NC(O)CC. The van der Waals surface area contributed by atoms with Crippen LogP contribution in [0.25, 0.3) is 0 Å². The van der Waals surface area contributed by atoms with Crippen molar-refractivity contribution >= 4 is 10.0 Å². The summed E-state index contributed by atoms with van der Waals surface area (Å²) in [6, 6.07) is 0.